The molecule has 2 aromatic heterocycles. The fourth-order valence-corrected chi connectivity index (χ4v) is 6.91. The number of para-hydroxylation sites is 1. The van der Waals surface area contributed by atoms with Crippen molar-refractivity contribution in [3.05, 3.63) is 42.5 Å². The Hall–Kier alpha value is -2.45. The van der Waals surface area contributed by atoms with Crippen LogP contribution in [0.3, 0.4) is 0 Å². The standard InChI is InChI=1S/C24H31ClFN6O6PS/c1-14(23(34)35-5)30-39(40,38-16-9-7-6-8-10-16)36-12-24(11-25)19(33)17(26)22(37-24)32-13-27-18-20(31(3)4)28-15(2)29-21(18)32/h6-10,13-14,17,19,22,33H,11-12H2,1-5H3,(H,30,40)/t14-,17-,19+,22-,24-,39+/m1/s1. The lowest BCUT2D eigenvalue weighted by atomic mass is 9.99. The minimum Gasteiger partial charge on any atom is -0.468 e. The Balaban J connectivity index is 1.63. The molecule has 3 heterocycles. The maximum Gasteiger partial charge on any atom is 0.323 e. The number of aliphatic hydroxyl groups is 1. The number of alkyl halides is 2. The highest BCUT2D eigenvalue weighted by Gasteiger charge is 2.57. The minimum absolute atomic E-state index is 0.327. The highest BCUT2D eigenvalue weighted by Crippen LogP contribution is 2.49. The normalized spacial score (nSPS) is 24.9. The van der Waals surface area contributed by atoms with Gasteiger partial charge in [-0.2, -0.15) is 0 Å². The largest absolute Gasteiger partial charge is 0.468 e. The maximum atomic E-state index is 15.7. The molecule has 3 aromatic rings. The van der Waals surface area contributed by atoms with Gasteiger partial charge in [0.2, 0.25) is 0 Å². The highest BCUT2D eigenvalue weighted by atomic mass is 35.5. The molecule has 1 aliphatic rings. The molecule has 0 saturated carbocycles. The molecule has 0 spiro atoms. The number of aromatic nitrogens is 4. The number of nitrogens with zero attached hydrogens (tertiary/aromatic N) is 5. The molecular weight excluding hydrogens is 586 g/mol. The number of anilines is 1. The van der Waals surface area contributed by atoms with Crippen molar-refractivity contribution in [3.63, 3.8) is 0 Å². The number of nitrogens with one attached hydrogen (secondary N) is 1. The number of benzene rings is 1. The van der Waals surface area contributed by atoms with E-state index in [9.17, 15) is 9.90 Å². The van der Waals surface area contributed by atoms with E-state index in [2.05, 4.69) is 20.0 Å². The lowest BCUT2D eigenvalue weighted by molar-refractivity contribution is -0.142. The van der Waals surface area contributed by atoms with E-state index < -0.39 is 49.4 Å². The summed E-state index contributed by atoms with van der Waals surface area (Å²) in [6, 6.07) is 7.71. The summed E-state index contributed by atoms with van der Waals surface area (Å²) in [6.45, 7) is -0.710. The minimum atomic E-state index is -3.50. The molecule has 16 heteroatoms. The van der Waals surface area contributed by atoms with Crippen molar-refractivity contribution >= 4 is 53.0 Å². The fraction of sp³-hybridized carbons (Fsp3) is 0.500. The van der Waals surface area contributed by atoms with E-state index >= 15 is 4.39 Å². The molecule has 1 fully saturated rings. The summed E-state index contributed by atoms with van der Waals surface area (Å²) in [4.78, 5) is 27.1. The first-order valence-corrected chi connectivity index (χ1v) is 15.4. The van der Waals surface area contributed by atoms with Crippen molar-refractivity contribution < 1.29 is 32.8 Å². The number of imidazole rings is 1. The van der Waals surface area contributed by atoms with Crippen molar-refractivity contribution in [2.75, 3.05) is 38.6 Å². The van der Waals surface area contributed by atoms with Crippen LogP contribution in [-0.2, 0) is 30.6 Å². The summed E-state index contributed by atoms with van der Waals surface area (Å²) in [6.07, 6.45) is -3.58. The molecule has 0 unspecified atom stereocenters. The molecule has 218 valence electrons. The fourth-order valence-electron chi connectivity index (χ4n) is 4.18. The quantitative estimate of drug-likeness (QED) is 0.186. The first kappa shape index (κ1) is 30.5. The number of fused-ring (bicyclic) bond motifs is 1. The summed E-state index contributed by atoms with van der Waals surface area (Å²) in [7, 11) is 4.85. The van der Waals surface area contributed by atoms with Gasteiger partial charge in [-0.1, -0.05) is 18.2 Å². The Morgan fingerprint density at radius 1 is 1.38 bits per heavy atom. The van der Waals surface area contributed by atoms with Gasteiger partial charge in [0, 0.05) is 14.1 Å². The number of esters is 1. The second-order valence-corrected chi connectivity index (χ2v) is 12.9. The first-order valence-electron chi connectivity index (χ1n) is 12.2. The van der Waals surface area contributed by atoms with Gasteiger partial charge in [0.1, 0.15) is 29.3 Å². The monoisotopic (exact) mass is 616 g/mol. The van der Waals surface area contributed by atoms with Crippen LogP contribution in [0.25, 0.3) is 11.2 Å². The third-order valence-corrected chi connectivity index (χ3v) is 9.19. The van der Waals surface area contributed by atoms with Gasteiger partial charge in [-0.25, -0.2) is 24.4 Å². The second-order valence-electron chi connectivity index (χ2n) is 9.46. The van der Waals surface area contributed by atoms with Crippen LogP contribution >= 0.6 is 18.2 Å². The number of aliphatic hydroxyl groups excluding tert-OH is 1. The number of hydrogen-bond donors (Lipinski definition) is 2. The van der Waals surface area contributed by atoms with Crippen molar-refractivity contribution in [1.82, 2.24) is 24.6 Å². The molecular formula is C24H31ClFN6O6PS. The molecule has 0 aliphatic carbocycles. The number of methoxy groups -OCH3 is 1. The van der Waals surface area contributed by atoms with Crippen molar-refractivity contribution in [3.8, 4) is 5.75 Å². The van der Waals surface area contributed by atoms with E-state index in [0.717, 1.165) is 0 Å². The Kier molecular flexibility index (Phi) is 9.30. The smallest absolute Gasteiger partial charge is 0.323 e. The molecule has 0 radical (unpaired) electrons. The molecule has 4 rings (SSSR count). The second kappa shape index (κ2) is 12.2. The van der Waals surface area contributed by atoms with Crippen LogP contribution in [0, 0.1) is 6.92 Å². The molecule has 6 atom stereocenters. The first-order chi connectivity index (χ1) is 18.9. The Morgan fingerprint density at radius 2 is 2.08 bits per heavy atom. The number of rotatable bonds is 11. The summed E-state index contributed by atoms with van der Waals surface area (Å²) in [5.74, 6) is 0.433. The van der Waals surface area contributed by atoms with Gasteiger partial charge >= 0.3 is 12.6 Å². The molecule has 1 aliphatic heterocycles. The van der Waals surface area contributed by atoms with Crippen LogP contribution in [0.15, 0.2) is 36.7 Å². The Bertz CT molecular complexity index is 1400. The van der Waals surface area contributed by atoms with Crippen LogP contribution in [0.5, 0.6) is 5.75 Å². The summed E-state index contributed by atoms with van der Waals surface area (Å²) in [5.41, 5.74) is -0.962. The Labute approximate surface area is 241 Å². The SMILES string of the molecule is COC(=O)[C@@H](C)N[P@](=S)(OC[C@@]1(CCl)O[C@@H](n2cnc3c(N(C)C)nc(C)nc32)[C@H](F)[C@@H]1O)Oc1ccccc1. The summed E-state index contributed by atoms with van der Waals surface area (Å²) in [5, 5.41) is 13.9. The average Bonchev–Trinajstić information content (AvgIpc) is 3.45. The van der Waals surface area contributed by atoms with Gasteiger partial charge in [-0.15, -0.1) is 11.6 Å². The molecule has 12 nitrogen and oxygen atoms in total. The number of aryl methyl sites for hydroxylation is 1. The van der Waals surface area contributed by atoms with Gasteiger partial charge in [-0.3, -0.25) is 9.36 Å². The maximum absolute atomic E-state index is 15.7. The van der Waals surface area contributed by atoms with Crippen molar-refractivity contribution in [1.29, 1.82) is 0 Å². The van der Waals surface area contributed by atoms with Gasteiger partial charge in [0.25, 0.3) is 0 Å². The average molecular weight is 617 g/mol. The van der Waals surface area contributed by atoms with Crippen molar-refractivity contribution in [2.24, 2.45) is 0 Å². The van der Waals surface area contributed by atoms with E-state index in [0.29, 0.717) is 28.6 Å². The van der Waals surface area contributed by atoms with Crippen LogP contribution in [-0.4, -0.2) is 88.2 Å². The highest BCUT2D eigenvalue weighted by molar-refractivity contribution is 8.09. The third kappa shape index (κ3) is 6.08. The van der Waals surface area contributed by atoms with E-state index in [1.165, 1.54) is 24.9 Å². The van der Waals surface area contributed by atoms with E-state index in [4.69, 9.17) is 41.9 Å². The predicted octanol–water partition coefficient (Wildman–Crippen LogP) is 2.88. The zero-order valence-electron chi connectivity index (χ0n) is 22.5. The zero-order chi connectivity index (χ0) is 29.2. The van der Waals surface area contributed by atoms with Crippen LogP contribution in [0.1, 0.15) is 19.0 Å². The zero-order valence-corrected chi connectivity index (χ0v) is 25.0. The molecule has 0 bridgehead atoms. The summed E-state index contributed by atoms with van der Waals surface area (Å²) < 4.78 is 40.0. The molecule has 1 saturated heterocycles. The topological polar surface area (TPSA) is 133 Å². The van der Waals surface area contributed by atoms with Crippen LogP contribution < -0.4 is 14.5 Å². The molecule has 2 N–H and O–H groups in total. The molecule has 0 amide bonds. The number of carbonyl (C=O) groups excluding carboxylic acids is 1. The van der Waals surface area contributed by atoms with E-state index in [1.54, 1.807) is 56.3 Å². The predicted molar refractivity (Wildman–Crippen MR) is 151 cm³/mol. The number of halogens is 2. The van der Waals surface area contributed by atoms with Crippen LogP contribution in [0.4, 0.5) is 10.2 Å². The summed E-state index contributed by atoms with van der Waals surface area (Å²) >= 11 is 12.0. The number of hydrogen-bond acceptors (Lipinski definition) is 11. The van der Waals surface area contributed by atoms with E-state index in [1.807, 2.05) is 0 Å². The third-order valence-electron chi connectivity index (χ3n) is 6.26. The molecule has 40 heavy (non-hydrogen) atoms. The van der Waals surface area contributed by atoms with Gasteiger partial charge in [-0.05, 0) is 37.8 Å². The van der Waals surface area contributed by atoms with Gasteiger partial charge in [0.15, 0.2) is 29.4 Å². The number of ether oxygens (including phenoxy) is 2. The van der Waals surface area contributed by atoms with Crippen LogP contribution in [0.2, 0.25) is 0 Å². The Morgan fingerprint density at radius 3 is 2.70 bits per heavy atom. The lowest BCUT2D eigenvalue weighted by Gasteiger charge is -2.33. The number of carbonyl (C=O) groups is 1. The molecule has 1 aromatic carbocycles. The lowest BCUT2D eigenvalue weighted by Crippen LogP contribution is -2.48. The van der Waals surface area contributed by atoms with Crippen molar-refractivity contribution in [2.45, 2.75) is 44.0 Å². The van der Waals surface area contributed by atoms with E-state index in [-0.39, 0.29) is 5.88 Å². The van der Waals surface area contributed by atoms with Gasteiger partial charge < -0.3 is 28.5 Å². The van der Waals surface area contributed by atoms with Gasteiger partial charge in [0.05, 0.1) is 25.9 Å².